The van der Waals surface area contributed by atoms with Gasteiger partial charge in [0.2, 0.25) is 10.0 Å². The van der Waals surface area contributed by atoms with Gasteiger partial charge in [0, 0.05) is 13.0 Å². The number of hydrogen-bond acceptors (Lipinski definition) is 5. The van der Waals surface area contributed by atoms with E-state index in [0.29, 0.717) is 6.42 Å². The van der Waals surface area contributed by atoms with Crippen molar-refractivity contribution in [2.45, 2.75) is 37.3 Å². The van der Waals surface area contributed by atoms with E-state index in [2.05, 4.69) is 5.32 Å². The zero-order valence-corrected chi connectivity index (χ0v) is 16.0. The van der Waals surface area contributed by atoms with E-state index in [9.17, 15) is 22.4 Å². The molecule has 1 unspecified atom stereocenters. The van der Waals surface area contributed by atoms with Crippen LogP contribution in [0.4, 0.5) is 4.39 Å². The molecule has 0 saturated heterocycles. The average molecular weight is 408 g/mol. The smallest absolute Gasteiger partial charge is 0.306 e. The van der Waals surface area contributed by atoms with E-state index in [4.69, 9.17) is 9.88 Å². The van der Waals surface area contributed by atoms with Gasteiger partial charge in [0.25, 0.3) is 5.91 Å². The minimum atomic E-state index is -3.76. The molecule has 7 nitrogen and oxygen atoms in total. The first-order valence-electron chi connectivity index (χ1n) is 8.48. The molecule has 0 aliphatic heterocycles. The molecule has 0 heterocycles. The lowest BCUT2D eigenvalue weighted by Crippen LogP contribution is -2.35. The minimum Gasteiger partial charge on any atom is -0.453 e. The molecule has 0 aliphatic carbocycles. The van der Waals surface area contributed by atoms with E-state index < -0.39 is 28.0 Å². The normalized spacial score (nSPS) is 12.2. The van der Waals surface area contributed by atoms with Crippen molar-refractivity contribution in [1.82, 2.24) is 5.32 Å². The largest absolute Gasteiger partial charge is 0.453 e. The van der Waals surface area contributed by atoms with Gasteiger partial charge in [-0.3, -0.25) is 9.59 Å². The summed E-state index contributed by atoms with van der Waals surface area (Å²) in [6.45, 7) is 1.65. The molecule has 28 heavy (non-hydrogen) atoms. The molecule has 0 spiro atoms. The number of primary sulfonamides is 1. The summed E-state index contributed by atoms with van der Waals surface area (Å²) in [7, 11) is -3.76. The molecule has 0 radical (unpaired) electrons. The van der Waals surface area contributed by atoms with Crippen LogP contribution in [0.3, 0.4) is 0 Å². The Morgan fingerprint density at radius 2 is 1.64 bits per heavy atom. The van der Waals surface area contributed by atoms with Crippen LogP contribution in [0.5, 0.6) is 0 Å². The molecule has 2 aromatic rings. The number of amides is 1. The third-order valence-corrected chi connectivity index (χ3v) is 4.86. The van der Waals surface area contributed by atoms with Gasteiger partial charge in [-0.1, -0.05) is 24.3 Å². The fraction of sp³-hybridized carbons (Fsp3) is 0.263. The van der Waals surface area contributed by atoms with Gasteiger partial charge in [0.1, 0.15) is 5.82 Å². The van der Waals surface area contributed by atoms with Crippen LogP contribution < -0.4 is 10.5 Å². The highest BCUT2D eigenvalue weighted by Gasteiger charge is 2.17. The summed E-state index contributed by atoms with van der Waals surface area (Å²) >= 11 is 0. The highest BCUT2D eigenvalue weighted by molar-refractivity contribution is 7.89. The van der Waals surface area contributed by atoms with Crippen LogP contribution >= 0.6 is 0 Å². The SMILES string of the molecule is CC(OC(=O)CCc1ccc(S(N)(=O)=O)cc1)C(=O)NCc1ccc(F)cc1. The number of nitrogens with one attached hydrogen (secondary N) is 1. The van der Waals surface area contributed by atoms with Crippen molar-refractivity contribution in [3.63, 3.8) is 0 Å². The average Bonchev–Trinajstić information content (AvgIpc) is 2.65. The first-order chi connectivity index (χ1) is 13.1. The molecular formula is C19H21FN2O5S. The molecule has 9 heteroatoms. The zero-order valence-electron chi connectivity index (χ0n) is 15.2. The maximum atomic E-state index is 12.8. The Balaban J connectivity index is 1.76. The van der Waals surface area contributed by atoms with Crippen LogP contribution in [-0.4, -0.2) is 26.4 Å². The number of carbonyl (C=O) groups is 2. The molecule has 0 aromatic heterocycles. The van der Waals surface area contributed by atoms with Crippen LogP contribution in [0, 0.1) is 5.82 Å². The summed E-state index contributed by atoms with van der Waals surface area (Å²) in [5.74, 6) is -1.38. The maximum absolute atomic E-state index is 12.8. The second-order valence-corrected chi connectivity index (χ2v) is 7.73. The molecule has 0 saturated carbocycles. The fourth-order valence-electron chi connectivity index (χ4n) is 2.34. The predicted octanol–water partition coefficient (Wildman–Crippen LogP) is 1.65. The fourth-order valence-corrected chi connectivity index (χ4v) is 2.85. The Morgan fingerprint density at radius 3 is 2.21 bits per heavy atom. The van der Waals surface area contributed by atoms with Crippen LogP contribution in [-0.2, 0) is 37.3 Å². The lowest BCUT2D eigenvalue weighted by molar-refractivity contribution is -0.154. The molecule has 3 N–H and O–H groups in total. The van der Waals surface area contributed by atoms with E-state index in [0.717, 1.165) is 11.1 Å². The van der Waals surface area contributed by atoms with Crippen LogP contribution in [0.1, 0.15) is 24.5 Å². The number of hydrogen-bond donors (Lipinski definition) is 2. The molecule has 2 aromatic carbocycles. The number of carbonyl (C=O) groups excluding carboxylic acids is 2. The van der Waals surface area contributed by atoms with Crippen molar-refractivity contribution in [2.24, 2.45) is 5.14 Å². The molecule has 0 fully saturated rings. The van der Waals surface area contributed by atoms with Crippen molar-refractivity contribution >= 4 is 21.9 Å². The number of nitrogens with two attached hydrogens (primary N) is 1. The van der Waals surface area contributed by atoms with Gasteiger partial charge in [-0.05, 0) is 48.7 Å². The Hall–Kier alpha value is -2.78. The van der Waals surface area contributed by atoms with E-state index in [1.807, 2.05) is 0 Å². The van der Waals surface area contributed by atoms with Crippen molar-refractivity contribution in [3.8, 4) is 0 Å². The summed E-state index contributed by atoms with van der Waals surface area (Å²) in [4.78, 5) is 23.9. The maximum Gasteiger partial charge on any atom is 0.306 e. The van der Waals surface area contributed by atoms with Crippen LogP contribution in [0.25, 0.3) is 0 Å². The highest BCUT2D eigenvalue weighted by Crippen LogP contribution is 2.11. The predicted molar refractivity (Wildman–Crippen MR) is 99.9 cm³/mol. The quantitative estimate of drug-likeness (QED) is 0.645. The third kappa shape index (κ3) is 6.75. The Bertz CT molecular complexity index is 928. The van der Waals surface area contributed by atoms with Gasteiger partial charge in [-0.2, -0.15) is 0 Å². The topological polar surface area (TPSA) is 116 Å². The molecule has 1 amide bonds. The summed E-state index contributed by atoms with van der Waals surface area (Å²) in [5.41, 5.74) is 1.45. The van der Waals surface area contributed by atoms with Crippen molar-refractivity contribution in [1.29, 1.82) is 0 Å². The second kappa shape index (κ2) is 9.43. The number of benzene rings is 2. The van der Waals surface area contributed by atoms with Crippen LogP contribution in [0.2, 0.25) is 0 Å². The van der Waals surface area contributed by atoms with Crippen molar-refractivity contribution in [3.05, 3.63) is 65.5 Å². The number of aryl methyl sites for hydroxylation is 1. The first kappa shape index (κ1) is 21.5. The van der Waals surface area contributed by atoms with Crippen molar-refractivity contribution in [2.75, 3.05) is 0 Å². The number of esters is 1. The van der Waals surface area contributed by atoms with Gasteiger partial charge in [-0.15, -0.1) is 0 Å². The number of rotatable bonds is 8. The monoisotopic (exact) mass is 408 g/mol. The molecule has 150 valence electrons. The summed E-state index contributed by atoms with van der Waals surface area (Å²) in [5, 5.41) is 7.63. The third-order valence-electron chi connectivity index (χ3n) is 3.93. The van der Waals surface area contributed by atoms with Crippen LogP contribution in [0.15, 0.2) is 53.4 Å². The van der Waals surface area contributed by atoms with Gasteiger partial charge in [0.05, 0.1) is 4.90 Å². The second-order valence-electron chi connectivity index (χ2n) is 6.17. The molecule has 0 aliphatic rings. The van der Waals surface area contributed by atoms with Gasteiger partial charge in [0.15, 0.2) is 6.10 Å². The van der Waals surface area contributed by atoms with E-state index in [1.54, 1.807) is 24.3 Å². The summed E-state index contributed by atoms with van der Waals surface area (Å²) in [6, 6.07) is 11.5. The molecule has 1 atom stereocenters. The highest BCUT2D eigenvalue weighted by atomic mass is 32.2. The van der Waals surface area contributed by atoms with Gasteiger partial charge in [-0.25, -0.2) is 17.9 Å². The van der Waals surface area contributed by atoms with Gasteiger partial charge < -0.3 is 10.1 Å². The van der Waals surface area contributed by atoms with E-state index >= 15 is 0 Å². The summed E-state index contributed by atoms with van der Waals surface area (Å²) < 4.78 is 40.3. The number of halogens is 1. The van der Waals surface area contributed by atoms with Gasteiger partial charge >= 0.3 is 5.97 Å². The lowest BCUT2D eigenvalue weighted by atomic mass is 10.1. The Morgan fingerprint density at radius 1 is 1.07 bits per heavy atom. The Kier molecular flexibility index (Phi) is 7.24. The Labute approximate surface area is 162 Å². The first-order valence-corrected chi connectivity index (χ1v) is 10.0. The van der Waals surface area contributed by atoms with E-state index in [1.165, 1.54) is 31.2 Å². The lowest BCUT2D eigenvalue weighted by Gasteiger charge is -2.13. The minimum absolute atomic E-state index is 0.00901. The number of ether oxygens (including phenoxy) is 1. The molecule has 2 rings (SSSR count). The molecule has 0 bridgehead atoms. The zero-order chi connectivity index (χ0) is 20.7. The molecular weight excluding hydrogens is 387 g/mol. The van der Waals surface area contributed by atoms with E-state index in [-0.39, 0.29) is 23.7 Å². The summed E-state index contributed by atoms with van der Waals surface area (Å²) in [6.07, 6.45) is -0.615. The standard InChI is InChI=1S/C19H21FN2O5S/c1-13(19(24)22-12-15-2-7-16(20)8-3-15)27-18(23)11-6-14-4-9-17(10-5-14)28(21,25)26/h2-5,7-10,13H,6,11-12H2,1H3,(H,22,24)(H2,21,25,26). The van der Waals surface area contributed by atoms with Crippen molar-refractivity contribution < 1.29 is 27.1 Å². The number of sulfonamides is 1.